The third-order valence-corrected chi connectivity index (χ3v) is 4.89. The molecule has 26 heavy (non-hydrogen) atoms. The van der Waals surface area contributed by atoms with Crippen LogP contribution in [-0.4, -0.2) is 36.0 Å². The molecule has 0 atom stereocenters. The zero-order valence-corrected chi connectivity index (χ0v) is 15.3. The van der Waals surface area contributed by atoms with Crippen molar-refractivity contribution in [3.8, 4) is 22.5 Å². The van der Waals surface area contributed by atoms with Crippen molar-refractivity contribution in [3.05, 3.63) is 52.7 Å². The van der Waals surface area contributed by atoms with E-state index in [1.807, 2.05) is 37.4 Å². The predicted molar refractivity (Wildman–Crippen MR) is 102 cm³/mol. The van der Waals surface area contributed by atoms with Gasteiger partial charge < -0.3 is 4.98 Å². The number of aryl methyl sites for hydroxylation is 2. The van der Waals surface area contributed by atoms with Crippen molar-refractivity contribution in [2.75, 3.05) is 6.26 Å². The first-order valence-corrected chi connectivity index (χ1v) is 9.19. The standard InChI is InChI=1S/C18H16N6OS/c1-10-4-5-11(15-20-9-21-23-15)6-13(10)14-7-12-8-19-18(26-3)22-16(12)24(2)17(14)25/h4-9H,1-3H3,(H,20,21,23). The maximum Gasteiger partial charge on any atom is 0.259 e. The van der Waals surface area contributed by atoms with Crippen molar-refractivity contribution < 1.29 is 0 Å². The summed E-state index contributed by atoms with van der Waals surface area (Å²) < 4.78 is 1.58. The SMILES string of the molecule is CSc1ncc2cc(-c3cc(-c4nnc[nH]4)ccc3C)c(=O)n(C)c2n1. The number of benzene rings is 1. The van der Waals surface area contributed by atoms with Gasteiger partial charge in [0.2, 0.25) is 0 Å². The Morgan fingerprint density at radius 1 is 1.19 bits per heavy atom. The molecule has 0 saturated carbocycles. The van der Waals surface area contributed by atoms with Crippen LogP contribution in [0.4, 0.5) is 0 Å². The number of rotatable bonds is 3. The lowest BCUT2D eigenvalue weighted by Crippen LogP contribution is -2.20. The van der Waals surface area contributed by atoms with Crippen molar-refractivity contribution >= 4 is 22.8 Å². The van der Waals surface area contributed by atoms with E-state index in [2.05, 4.69) is 25.1 Å². The molecule has 0 bridgehead atoms. The summed E-state index contributed by atoms with van der Waals surface area (Å²) in [5.41, 5.74) is 3.88. The molecule has 4 aromatic rings. The fourth-order valence-corrected chi connectivity index (χ4v) is 3.26. The van der Waals surface area contributed by atoms with Crippen molar-refractivity contribution in [2.45, 2.75) is 12.1 Å². The van der Waals surface area contributed by atoms with Crippen molar-refractivity contribution in [1.29, 1.82) is 0 Å². The normalized spacial score (nSPS) is 11.2. The minimum Gasteiger partial charge on any atom is -0.328 e. The molecule has 0 saturated heterocycles. The third-order valence-electron chi connectivity index (χ3n) is 4.33. The molecule has 130 valence electrons. The van der Waals surface area contributed by atoms with Gasteiger partial charge >= 0.3 is 0 Å². The first-order chi connectivity index (χ1) is 12.6. The van der Waals surface area contributed by atoms with Crippen LogP contribution in [-0.2, 0) is 7.05 Å². The van der Waals surface area contributed by atoms with Crippen LogP contribution in [0.25, 0.3) is 33.5 Å². The van der Waals surface area contributed by atoms with Crippen LogP contribution in [0.2, 0.25) is 0 Å². The molecule has 0 aliphatic heterocycles. The van der Waals surface area contributed by atoms with Gasteiger partial charge in [-0.25, -0.2) is 9.97 Å². The van der Waals surface area contributed by atoms with E-state index >= 15 is 0 Å². The number of nitrogens with zero attached hydrogens (tertiary/aromatic N) is 5. The topological polar surface area (TPSA) is 89.4 Å². The summed E-state index contributed by atoms with van der Waals surface area (Å²) in [6.07, 6.45) is 5.20. The molecular weight excluding hydrogens is 348 g/mol. The summed E-state index contributed by atoms with van der Waals surface area (Å²) in [5, 5.41) is 9.34. The monoisotopic (exact) mass is 364 g/mol. The third kappa shape index (κ3) is 2.68. The van der Waals surface area contributed by atoms with Crippen LogP contribution < -0.4 is 5.56 Å². The molecule has 0 unspecified atom stereocenters. The average Bonchev–Trinajstić information content (AvgIpc) is 3.20. The Morgan fingerprint density at radius 2 is 2.04 bits per heavy atom. The van der Waals surface area contributed by atoms with Gasteiger partial charge in [0, 0.05) is 29.8 Å². The second-order valence-corrected chi connectivity index (χ2v) is 6.70. The fraction of sp³-hybridized carbons (Fsp3) is 0.167. The number of aromatic nitrogens is 6. The Labute approximate surface area is 153 Å². The molecule has 0 amide bonds. The van der Waals surface area contributed by atoms with E-state index in [9.17, 15) is 4.79 Å². The highest BCUT2D eigenvalue weighted by molar-refractivity contribution is 7.98. The minimum absolute atomic E-state index is 0.0962. The lowest BCUT2D eigenvalue weighted by Gasteiger charge is -2.11. The molecule has 3 heterocycles. The van der Waals surface area contributed by atoms with E-state index in [-0.39, 0.29) is 5.56 Å². The van der Waals surface area contributed by atoms with Gasteiger partial charge in [-0.3, -0.25) is 9.36 Å². The van der Waals surface area contributed by atoms with Gasteiger partial charge in [0.05, 0.1) is 0 Å². The minimum atomic E-state index is -0.0962. The second kappa shape index (κ2) is 6.38. The Morgan fingerprint density at radius 3 is 2.77 bits per heavy atom. The summed E-state index contributed by atoms with van der Waals surface area (Å²) in [6.45, 7) is 1.98. The first-order valence-electron chi connectivity index (χ1n) is 7.96. The Balaban J connectivity index is 1.96. The summed E-state index contributed by atoms with van der Waals surface area (Å²) in [4.78, 5) is 24.8. The number of fused-ring (bicyclic) bond motifs is 1. The van der Waals surface area contributed by atoms with Gasteiger partial charge in [-0.15, -0.1) is 10.2 Å². The highest BCUT2D eigenvalue weighted by Crippen LogP contribution is 2.27. The summed E-state index contributed by atoms with van der Waals surface area (Å²) in [6, 6.07) is 7.74. The van der Waals surface area contributed by atoms with Crippen molar-refractivity contribution in [3.63, 3.8) is 0 Å². The highest BCUT2D eigenvalue weighted by atomic mass is 32.2. The molecule has 3 aromatic heterocycles. The number of hydrogen-bond donors (Lipinski definition) is 1. The van der Waals surface area contributed by atoms with E-state index in [0.717, 1.165) is 22.1 Å². The van der Waals surface area contributed by atoms with E-state index < -0.39 is 0 Å². The van der Waals surface area contributed by atoms with E-state index in [1.165, 1.54) is 18.1 Å². The van der Waals surface area contributed by atoms with Gasteiger partial charge in [-0.2, -0.15) is 0 Å². The number of nitrogens with one attached hydrogen (secondary N) is 1. The number of H-pyrrole nitrogens is 1. The molecule has 0 aliphatic rings. The zero-order chi connectivity index (χ0) is 18.3. The second-order valence-electron chi connectivity index (χ2n) is 5.93. The van der Waals surface area contributed by atoms with Gasteiger partial charge in [-0.05, 0) is 36.4 Å². The largest absolute Gasteiger partial charge is 0.328 e. The van der Waals surface area contributed by atoms with Crippen molar-refractivity contribution in [1.82, 2.24) is 29.7 Å². The highest BCUT2D eigenvalue weighted by Gasteiger charge is 2.14. The lowest BCUT2D eigenvalue weighted by molar-refractivity contribution is 0.861. The smallest absolute Gasteiger partial charge is 0.259 e. The number of thioether (sulfide) groups is 1. The molecule has 1 N–H and O–H groups in total. The molecule has 8 heteroatoms. The van der Waals surface area contributed by atoms with Gasteiger partial charge in [0.15, 0.2) is 11.0 Å². The summed E-state index contributed by atoms with van der Waals surface area (Å²) in [5.74, 6) is 0.664. The van der Waals surface area contributed by atoms with Crippen molar-refractivity contribution in [2.24, 2.45) is 7.05 Å². The molecular formula is C18H16N6OS. The molecule has 0 spiro atoms. The van der Waals surface area contributed by atoms with Crippen LogP contribution in [0.15, 0.2) is 46.7 Å². The molecule has 0 aliphatic carbocycles. The van der Waals surface area contributed by atoms with Gasteiger partial charge in [0.25, 0.3) is 5.56 Å². The molecule has 4 rings (SSSR count). The first kappa shape index (κ1) is 16.5. The zero-order valence-electron chi connectivity index (χ0n) is 14.5. The Bertz CT molecular complexity index is 1170. The maximum atomic E-state index is 13.0. The number of aromatic amines is 1. The predicted octanol–water partition coefficient (Wildman–Crippen LogP) is 2.81. The molecule has 0 fully saturated rings. The average molecular weight is 364 g/mol. The van der Waals surface area contributed by atoms with Crippen LogP contribution >= 0.6 is 11.8 Å². The lowest BCUT2D eigenvalue weighted by atomic mass is 9.98. The van der Waals surface area contributed by atoms with E-state index in [1.54, 1.807) is 17.8 Å². The Kier molecular flexibility index (Phi) is 4.04. The van der Waals surface area contributed by atoms with Crippen LogP contribution in [0.1, 0.15) is 5.56 Å². The molecule has 1 aromatic carbocycles. The number of pyridine rings is 1. The maximum absolute atomic E-state index is 13.0. The summed E-state index contributed by atoms with van der Waals surface area (Å²) in [7, 11) is 1.74. The van der Waals surface area contributed by atoms with E-state index in [4.69, 9.17) is 0 Å². The number of hydrogen-bond acceptors (Lipinski definition) is 6. The Hall–Kier alpha value is -3.00. The molecule has 7 nitrogen and oxygen atoms in total. The van der Waals surface area contributed by atoms with Crippen LogP contribution in [0, 0.1) is 6.92 Å². The van der Waals surface area contributed by atoms with Crippen LogP contribution in [0.3, 0.4) is 0 Å². The quantitative estimate of drug-likeness (QED) is 0.444. The summed E-state index contributed by atoms with van der Waals surface area (Å²) >= 11 is 1.45. The van der Waals surface area contributed by atoms with E-state index in [0.29, 0.717) is 22.2 Å². The van der Waals surface area contributed by atoms with Gasteiger partial charge in [-0.1, -0.05) is 23.9 Å². The molecule has 0 radical (unpaired) electrons. The fourth-order valence-electron chi connectivity index (χ4n) is 2.93. The van der Waals surface area contributed by atoms with Crippen LogP contribution in [0.5, 0.6) is 0 Å². The van der Waals surface area contributed by atoms with Gasteiger partial charge in [0.1, 0.15) is 12.0 Å².